The maximum absolute atomic E-state index is 13.3. The number of nitrogens with zero attached hydrogens (tertiary/aromatic N) is 5. The standard InChI is InChI=1S/C19H21F3N5S.HI/c1-27(2,3)10-4-9-26-15-7-6-14(24-25-23)12-18(15)28-17-8-5-13(11-16(17)26)19(20,21)22;/h5-8,11-12H,4,9-10H2,1-3H3;1H/q+1;/p-1. The second-order valence-corrected chi connectivity index (χ2v) is 8.73. The highest BCUT2D eigenvalue weighted by Gasteiger charge is 2.33. The summed E-state index contributed by atoms with van der Waals surface area (Å²) < 4.78 is 40.5. The molecule has 10 heteroatoms. The van der Waals surface area contributed by atoms with Crippen LogP contribution in [-0.2, 0) is 6.18 Å². The Morgan fingerprint density at radius 1 is 1.07 bits per heavy atom. The number of hydrogen-bond acceptors (Lipinski definition) is 3. The SMILES string of the molecule is C[N+](C)(C)CCCN1c2ccc(N=[N+]=[N-])cc2Sc2ccc(C(F)(F)F)cc21.[I-]. The molecule has 1 heterocycles. The number of alkyl halides is 3. The Morgan fingerprint density at radius 2 is 1.79 bits per heavy atom. The molecule has 0 atom stereocenters. The molecule has 0 aliphatic carbocycles. The number of halogens is 4. The van der Waals surface area contributed by atoms with Crippen LogP contribution >= 0.6 is 11.8 Å². The van der Waals surface area contributed by atoms with E-state index in [1.54, 1.807) is 12.1 Å². The largest absolute Gasteiger partial charge is 1.00 e. The third kappa shape index (κ3) is 5.71. The zero-order chi connectivity index (χ0) is 20.5. The van der Waals surface area contributed by atoms with Crippen molar-refractivity contribution in [3.8, 4) is 0 Å². The van der Waals surface area contributed by atoms with Crippen molar-refractivity contribution in [2.45, 2.75) is 22.4 Å². The van der Waals surface area contributed by atoms with Crippen molar-refractivity contribution in [1.82, 2.24) is 0 Å². The Balaban J connectivity index is 0.00000300. The quantitative estimate of drug-likeness (QED) is 0.194. The van der Waals surface area contributed by atoms with Crippen LogP contribution in [0, 0.1) is 0 Å². The first-order valence-corrected chi connectivity index (χ1v) is 9.56. The van der Waals surface area contributed by atoms with Gasteiger partial charge in [-0.05, 0) is 35.9 Å². The zero-order valence-corrected chi connectivity index (χ0v) is 19.2. The maximum Gasteiger partial charge on any atom is 0.416 e. The zero-order valence-electron chi connectivity index (χ0n) is 16.2. The molecule has 0 saturated carbocycles. The lowest BCUT2D eigenvalue weighted by atomic mass is 10.1. The lowest BCUT2D eigenvalue weighted by molar-refractivity contribution is -0.870. The summed E-state index contributed by atoms with van der Waals surface area (Å²) in [4.78, 5) is 6.36. The summed E-state index contributed by atoms with van der Waals surface area (Å²) in [6.07, 6.45) is -3.57. The van der Waals surface area contributed by atoms with Gasteiger partial charge < -0.3 is 33.4 Å². The fraction of sp³-hybridized carbons (Fsp3) is 0.368. The molecule has 5 nitrogen and oxygen atoms in total. The highest BCUT2D eigenvalue weighted by atomic mass is 127. The minimum absolute atomic E-state index is 0. The first-order valence-electron chi connectivity index (χ1n) is 8.75. The molecular formula is C19H21F3IN5S. The minimum Gasteiger partial charge on any atom is -1.00 e. The molecule has 0 fully saturated rings. The second kappa shape index (κ2) is 9.03. The van der Waals surface area contributed by atoms with E-state index in [1.165, 1.54) is 23.9 Å². The van der Waals surface area contributed by atoms with E-state index in [0.717, 1.165) is 39.0 Å². The summed E-state index contributed by atoms with van der Waals surface area (Å²) >= 11 is 1.39. The highest BCUT2D eigenvalue weighted by Crippen LogP contribution is 2.50. The van der Waals surface area contributed by atoms with Gasteiger partial charge in [0.2, 0.25) is 0 Å². The number of rotatable bonds is 5. The van der Waals surface area contributed by atoms with E-state index >= 15 is 0 Å². The van der Waals surface area contributed by atoms with Gasteiger partial charge in [0.15, 0.2) is 0 Å². The van der Waals surface area contributed by atoms with Crippen molar-refractivity contribution in [3.05, 3.63) is 52.4 Å². The monoisotopic (exact) mass is 535 g/mol. The summed E-state index contributed by atoms with van der Waals surface area (Å²) in [5.74, 6) is 0. The van der Waals surface area contributed by atoms with Crippen molar-refractivity contribution in [1.29, 1.82) is 0 Å². The van der Waals surface area contributed by atoms with Crippen LogP contribution in [-0.4, -0.2) is 38.7 Å². The number of fused-ring (bicyclic) bond motifs is 2. The molecule has 2 aromatic rings. The van der Waals surface area contributed by atoms with Crippen LogP contribution < -0.4 is 28.9 Å². The van der Waals surface area contributed by atoms with Gasteiger partial charge in [-0.15, -0.1) is 0 Å². The average Bonchev–Trinajstić information content (AvgIpc) is 2.59. The molecular weight excluding hydrogens is 514 g/mol. The van der Waals surface area contributed by atoms with Crippen LogP contribution in [0.15, 0.2) is 51.3 Å². The van der Waals surface area contributed by atoms with Crippen LogP contribution in [0.1, 0.15) is 12.0 Å². The Labute approximate surface area is 189 Å². The molecule has 0 radical (unpaired) electrons. The fourth-order valence-electron chi connectivity index (χ4n) is 3.10. The van der Waals surface area contributed by atoms with E-state index in [-0.39, 0.29) is 24.0 Å². The molecule has 2 aromatic carbocycles. The van der Waals surface area contributed by atoms with Crippen LogP contribution in [0.25, 0.3) is 10.4 Å². The predicted octanol–water partition coefficient (Wildman–Crippen LogP) is 3.35. The second-order valence-electron chi connectivity index (χ2n) is 7.64. The van der Waals surface area contributed by atoms with Crippen molar-refractivity contribution < 1.29 is 41.6 Å². The van der Waals surface area contributed by atoms with Crippen LogP contribution in [0.4, 0.5) is 30.2 Å². The van der Waals surface area contributed by atoms with Gasteiger partial charge in [-0.2, -0.15) is 13.2 Å². The van der Waals surface area contributed by atoms with Gasteiger partial charge >= 0.3 is 6.18 Å². The lowest BCUT2D eigenvalue weighted by Gasteiger charge is -2.34. The molecule has 0 N–H and O–H groups in total. The topological polar surface area (TPSA) is 52.0 Å². The molecule has 3 rings (SSSR count). The lowest BCUT2D eigenvalue weighted by Crippen LogP contribution is -3.00. The molecule has 156 valence electrons. The van der Waals surface area contributed by atoms with E-state index < -0.39 is 11.7 Å². The summed E-state index contributed by atoms with van der Waals surface area (Å²) in [7, 11) is 6.26. The number of azide groups is 1. The number of hydrogen-bond donors (Lipinski definition) is 0. The third-order valence-corrected chi connectivity index (χ3v) is 5.51. The number of anilines is 2. The molecule has 0 unspecified atom stereocenters. The van der Waals surface area contributed by atoms with Crippen molar-refractivity contribution >= 4 is 28.8 Å². The molecule has 0 aromatic heterocycles. The molecule has 0 bridgehead atoms. The Bertz CT molecular complexity index is 936. The van der Waals surface area contributed by atoms with Crippen molar-refractivity contribution in [2.75, 3.05) is 39.1 Å². The first kappa shape index (κ1) is 23.7. The molecule has 0 amide bonds. The van der Waals surface area contributed by atoms with Gasteiger partial charge in [-0.3, -0.25) is 0 Å². The molecule has 0 spiro atoms. The number of benzene rings is 2. The Hall–Kier alpha value is -1.62. The molecule has 1 aliphatic heterocycles. The van der Waals surface area contributed by atoms with Gasteiger partial charge in [0.05, 0.1) is 44.6 Å². The van der Waals surface area contributed by atoms with E-state index in [4.69, 9.17) is 5.53 Å². The van der Waals surface area contributed by atoms with Crippen LogP contribution in [0.5, 0.6) is 0 Å². The number of quaternary nitrogens is 1. The summed E-state index contributed by atoms with van der Waals surface area (Å²) in [5.41, 5.74) is 9.88. The smallest absolute Gasteiger partial charge is 0.416 e. The van der Waals surface area contributed by atoms with E-state index in [1.807, 2.05) is 11.0 Å². The maximum atomic E-state index is 13.3. The van der Waals surface area contributed by atoms with Gasteiger partial charge in [0, 0.05) is 33.4 Å². The summed E-state index contributed by atoms with van der Waals surface area (Å²) in [5, 5.41) is 3.63. The van der Waals surface area contributed by atoms with Gasteiger partial charge in [-0.1, -0.05) is 22.9 Å². The molecule has 1 aliphatic rings. The van der Waals surface area contributed by atoms with Gasteiger partial charge in [0.25, 0.3) is 0 Å². The van der Waals surface area contributed by atoms with Gasteiger partial charge in [-0.25, -0.2) is 0 Å². The van der Waals surface area contributed by atoms with Crippen LogP contribution in [0.3, 0.4) is 0 Å². The average molecular weight is 535 g/mol. The minimum atomic E-state index is -4.39. The Kier molecular flexibility index (Phi) is 7.37. The molecule has 0 saturated heterocycles. The van der Waals surface area contributed by atoms with Gasteiger partial charge in [0.1, 0.15) is 0 Å². The van der Waals surface area contributed by atoms with E-state index in [0.29, 0.717) is 17.9 Å². The summed E-state index contributed by atoms with van der Waals surface area (Å²) in [6, 6.07) is 9.11. The first-order chi connectivity index (χ1) is 13.1. The highest BCUT2D eigenvalue weighted by molar-refractivity contribution is 7.99. The summed E-state index contributed by atoms with van der Waals surface area (Å²) in [6.45, 7) is 1.49. The predicted molar refractivity (Wildman–Crippen MR) is 105 cm³/mol. The fourth-order valence-corrected chi connectivity index (χ4v) is 4.21. The van der Waals surface area contributed by atoms with Crippen molar-refractivity contribution in [3.63, 3.8) is 0 Å². The molecule has 29 heavy (non-hydrogen) atoms. The third-order valence-electron chi connectivity index (χ3n) is 4.40. The normalized spacial score (nSPS) is 13.1. The van der Waals surface area contributed by atoms with E-state index in [2.05, 4.69) is 31.2 Å². The Morgan fingerprint density at radius 3 is 2.41 bits per heavy atom. The van der Waals surface area contributed by atoms with Crippen LogP contribution in [0.2, 0.25) is 0 Å². The van der Waals surface area contributed by atoms with Crippen molar-refractivity contribution in [2.24, 2.45) is 5.11 Å². The van der Waals surface area contributed by atoms with E-state index in [9.17, 15) is 13.2 Å².